The quantitative estimate of drug-likeness (QED) is 0.464. The second-order valence-electron chi connectivity index (χ2n) is 7.07. The Kier molecular flexibility index (Phi) is 5.57. The number of hydrogen-bond donors (Lipinski definition) is 1. The lowest BCUT2D eigenvalue weighted by molar-refractivity contribution is -0.121. The topological polar surface area (TPSA) is 84.4 Å². The largest absolute Gasteiger partial charge is 0.482 e. The summed E-state index contributed by atoms with van der Waals surface area (Å²) >= 11 is 6.83. The van der Waals surface area contributed by atoms with Crippen LogP contribution in [0.1, 0.15) is 35.5 Å². The van der Waals surface area contributed by atoms with Gasteiger partial charge in [-0.15, -0.1) is 11.3 Å². The summed E-state index contributed by atoms with van der Waals surface area (Å²) in [4.78, 5) is 44.6. The molecular formula is C21H21N3O4S2. The van der Waals surface area contributed by atoms with Crippen LogP contribution in [-0.4, -0.2) is 34.4 Å². The molecule has 0 radical (unpaired) electrons. The third-order valence-electron chi connectivity index (χ3n) is 5.05. The Morgan fingerprint density at radius 1 is 1.27 bits per heavy atom. The van der Waals surface area contributed by atoms with E-state index >= 15 is 0 Å². The molecule has 1 amide bonds. The number of thiophene rings is 1. The first kappa shape index (κ1) is 20.5. The molecule has 156 valence electrons. The van der Waals surface area contributed by atoms with Gasteiger partial charge in [0.2, 0.25) is 0 Å². The molecule has 1 N–H and O–H groups in total. The Bertz CT molecular complexity index is 1270. The van der Waals surface area contributed by atoms with E-state index in [1.54, 1.807) is 23.1 Å². The van der Waals surface area contributed by atoms with Crippen LogP contribution in [0.2, 0.25) is 0 Å². The molecule has 0 saturated heterocycles. The number of Topliss-reactive ketones (excluding diaryl/α,β-unsaturated/α-hetero) is 1. The van der Waals surface area contributed by atoms with Crippen molar-refractivity contribution in [2.75, 3.05) is 18.1 Å². The molecule has 0 unspecified atom stereocenters. The van der Waals surface area contributed by atoms with Gasteiger partial charge in [-0.25, -0.2) is 0 Å². The second-order valence-corrected chi connectivity index (χ2v) is 8.59. The molecule has 0 spiro atoms. The summed E-state index contributed by atoms with van der Waals surface area (Å²) in [5.41, 5.74) is 0.702. The van der Waals surface area contributed by atoms with Crippen LogP contribution in [0.4, 0.5) is 5.69 Å². The van der Waals surface area contributed by atoms with E-state index in [9.17, 15) is 14.4 Å². The summed E-state index contributed by atoms with van der Waals surface area (Å²) in [6.45, 7) is 4.36. The zero-order chi connectivity index (χ0) is 21.4. The van der Waals surface area contributed by atoms with Gasteiger partial charge >= 0.3 is 0 Å². The third kappa shape index (κ3) is 3.59. The minimum absolute atomic E-state index is 0.00870. The molecule has 0 bridgehead atoms. The minimum Gasteiger partial charge on any atom is -0.482 e. The molecule has 1 aromatic carbocycles. The lowest BCUT2D eigenvalue weighted by Crippen LogP contribution is -2.39. The normalized spacial score (nSPS) is 13.4. The van der Waals surface area contributed by atoms with Crippen LogP contribution in [0.25, 0.3) is 10.2 Å². The highest BCUT2D eigenvalue weighted by Crippen LogP contribution is 2.33. The lowest BCUT2D eigenvalue weighted by Gasteiger charge is -2.29. The number of aromatic nitrogens is 2. The highest BCUT2D eigenvalue weighted by atomic mass is 32.1. The SMILES string of the molecule is CCCN1C(=O)COc2ccc(C(=O)Cn3c(=S)[nH]c4sc(CC)cc4c3=O)cc21. The van der Waals surface area contributed by atoms with Gasteiger partial charge in [0, 0.05) is 17.0 Å². The second kappa shape index (κ2) is 8.16. The number of aromatic amines is 1. The maximum atomic E-state index is 13.0. The first-order valence-corrected chi connectivity index (χ1v) is 11.0. The van der Waals surface area contributed by atoms with Crippen molar-refractivity contribution in [3.05, 3.63) is 49.8 Å². The molecule has 1 aliphatic rings. The van der Waals surface area contributed by atoms with E-state index in [1.807, 2.05) is 19.9 Å². The van der Waals surface area contributed by atoms with E-state index in [2.05, 4.69) is 4.98 Å². The molecule has 4 rings (SSSR count). The monoisotopic (exact) mass is 443 g/mol. The summed E-state index contributed by atoms with van der Waals surface area (Å²) < 4.78 is 6.99. The Morgan fingerprint density at radius 2 is 2.07 bits per heavy atom. The molecule has 9 heteroatoms. The number of benzene rings is 1. The molecule has 3 heterocycles. The minimum atomic E-state index is -0.276. The van der Waals surface area contributed by atoms with E-state index in [4.69, 9.17) is 17.0 Å². The number of fused-ring (bicyclic) bond motifs is 2. The summed E-state index contributed by atoms with van der Waals surface area (Å²) in [6, 6.07) is 6.84. The number of nitrogens with zero attached hydrogens (tertiary/aromatic N) is 2. The van der Waals surface area contributed by atoms with E-state index in [0.29, 0.717) is 28.9 Å². The molecule has 3 aromatic rings. The number of H-pyrrole nitrogens is 1. The number of ether oxygens (including phenoxy) is 1. The maximum absolute atomic E-state index is 13.0. The molecule has 2 aromatic heterocycles. The fourth-order valence-electron chi connectivity index (χ4n) is 3.49. The van der Waals surface area contributed by atoms with E-state index in [-0.39, 0.29) is 35.2 Å². The zero-order valence-corrected chi connectivity index (χ0v) is 18.3. The van der Waals surface area contributed by atoms with Crippen molar-refractivity contribution in [2.45, 2.75) is 33.2 Å². The van der Waals surface area contributed by atoms with Crippen molar-refractivity contribution >= 4 is 51.1 Å². The van der Waals surface area contributed by atoms with Crippen molar-refractivity contribution in [3.8, 4) is 5.75 Å². The molecular weight excluding hydrogens is 422 g/mol. The van der Waals surface area contributed by atoms with E-state index < -0.39 is 0 Å². The highest BCUT2D eigenvalue weighted by molar-refractivity contribution is 7.71. The van der Waals surface area contributed by atoms with Crippen LogP contribution in [0, 0.1) is 4.77 Å². The van der Waals surface area contributed by atoms with Crippen molar-refractivity contribution in [3.63, 3.8) is 0 Å². The van der Waals surface area contributed by atoms with Crippen LogP contribution >= 0.6 is 23.6 Å². The summed E-state index contributed by atoms with van der Waals surface area (Å²) in [6.07, 6.45) is 1.61. The van der Waals surface area contributed by atoms with E-state index in [1.165, 1.54) is 15.9 Å². The van der Waals surface area contributed by atoms with Crippen LogP contribution in [-0.2, 0) is 17.8 Å². The first-order chi connectivity index (χ1) is 14.4. The van der Waals surface area contributed by atoms with E-state index in [0.717, 1.165) is 22.5 Å². The third-order valence-corrected chi connectivity index (χ3v) is 6.56. The number of carbonyl (C=O) groups excluding carboxylic acids is 2. The Labute approximate surface area is 181 Å². The Balaban J connectivity index is 1.69. The number of amides is 1. The number of carbonyl (C=O) groups is 2. The highest BCUT2D eigenvalue weighted by Gasteiger charge is 2.26. The summed E-state index contributed by atoms with van der Waals surface area (Å²) in [5.74, 6) is 0.169. The van der Waals surface area contributed by atoms with Gasteiger partial charge in [-0.05, 0) is 49.3 Å². The predicted octanol–water partition coefficient (Wildman–Crippen LogP) is 3.70. The van der Waals surface area contributed by atoms with Gasteiger partial charge in [0.25, 0.3) is 11.5 Å². The molecule has 30 heavy (non-hydrogen) atoms. The van der Waals surface area contributed by atoms with Gasteiger partial charge in [-0.2, -0.15) is 0 Å². The number of ketones is 1. The van der Waals surface area contributed by atoms with Crippen molar-refractivity contribution in [1.29, 1.82) is 0 Å². The predicted molar refractivity (Wildman–Crippen MR) is 120 cm³/mol. The van der Waals surface area contributed by atoms with Crippen LogP contribution in [0.3, 0.4) is 0 Å². The summed E-state index contributed by atoms with van der Waals surface area (Å²) in [5, 5.41) is 0.539. The number of aryl methyl sites for hydroxylation is 1. The van der Waals surface area contributed by atoms with Gasteiger partial charge in [-0.3, -0.25) is 19.0 Å². The van der Waals surface area contributed by atoms with Gasteiger partial charge in [0.15, 0.2) is 17.2 Å². The zero-order valence-electron chi connectivity index (χ0n) is 16.7. The molecule has 0 atom stereocenters. The van der Waals surface area contributed by atoms with Gasteiger partial charge in [0.05, 0.1) is 17.6 Å². The molecule has 0 aliphatic carbocycles. The van der Waals surface area contributed by atoms with Crippen molar-refractivity contribution in [1.82, 2.24) is 9.55 Å². The number of nitrogens with one attached hydrogen (secondary N) is 1. The average Bonchev–Trinajstić information content (AvgIpc) is 3.16. The van der Waals surface area contributed by atoms with Gasteiger partial charge in [0.1, 0.15) is 10.6 Å². The molecule has 7 nitrogen and oxygen atoms in total. The Hall–Kier alpha value is -2.78. The fourth-order valence-corrected chi connectivity index (χ4v) is 4.79. The molecule has 0 saturated carbocycles. The number of rotatable bonds is 6. The fraction of sp³-hybridized carbons (Fsp3) is 0.333. The van der Waals surface area contributed by atoms with Crippen LogP contribution in [0.5, 0.6) is 5.75 Å². The molecule has 1 aliphatic heterocycles. The number of hydrogen-bond acceptors (Lipinski definition) is 6. The van der Waals surface area contributed by atoms with Crippen LogP contribution in [0.15, 0.2) is 29.1 Å². The van der Waals surface area contributed by atoms with Crippen molar-refractivity contribution in [2.24, 2.45) is 0 Å². The van der Waals surface area contributed by atoms with Gasteiger partial charge < -0.3 is 14.6 Å². The smallest absolute Gasteiger partial charge is 0.265 e. The Morgan fingerprint density at radius 3 is 2.80 bits per heavy atom. The lowest BCUT2D eigenvalue weighted by atomic mass is 10.1. The number of anilines is 1. The summed E-state index contributed by atoms with van der Waals surface area (Å²) in [7, 11) is 0. The van der Waals surface area contributed by atoms with Gasteiger partial charge in [-0.1, -0.05) is 13.8 Å². The maximum Gasteiger partial charge on any atom is 0.265 e. The standard InChI is InChI=1S/C21H21N3O4S2/c1-3-7-23-15-8-12(5-6-17(15)28-11-18(23)26)16(25)10-24-20(27)14-9-13(4-2)30-19(14)22-21(24)29/h5-6,8-9H,3-4,7,10-11H2,1-2H3,(H,22,29). The molecule has 0 fully saturated rings. The van der Waals surface area contributed by atoms with Crippen molar-refractivity contribution < 1.29 is 14.3 Å². The average molecular weight is 444 g/mol. The first-order valence-electron chi connectivity index (χ1n) is 9.78. The van der Waals surface area contributed by atoms with Crippen LogP contribution < -0.4 is 15.2 Å².